The van der Waals surface area contributed by atoms with E-state index in [0.29, 0.717) is 6.54 Å². The van der Waals surface area contributed by atoms with Gasteiger partial charge in [-0.3, -0.25) is 0 Å². The van der Waals surface area contributed by atoms with Crippen LogP contribution in [-0.4, -0.2) is 17.0 Å². The zero-order chi connectivity index (χ0) is 15.4. The van der Waals surface area contributed by atoms with E-state index in [1.807, 2.05) is 67.4 Å². The zero-order valence-corrected chi connectivity index (χ0v) is 12.7. The van der Waals surface area contributed by atoms with Gasteiger partial charge in [0.1, 0.15) is 23.2 Å². The standard InChI is InChI=1S/C17H18N4O/c1-13-19-16(18-12-15-9-6-10-22-15)11-17(20-13)21(2)14-7-4-3-5-8-14/h3-11H,12H2,1-2H3,(H,18,19,20). The predicted octanol–water partition coefficient (Wildman–Crippen LogP) is 3.76. The van der Waals surface area contributed by atoms with E-state index in [-0.39, 0.29) is 0 Å². The number of para-hydroxylation sites is 1. The lowest BCUT2D eigenvalue weighted by Gasteiger charge is -2.19. The van der Waals surface area contributed by atoms with Crippen molar-refractivity contribution in [2.24, 2.45) is 0 Å². The Hall–Kier alpha value is -2.82. The van der Waals surface area contributed by atoms with Crippen LogP contribution in [0.1, 0.15) is 11.6 Å². The van der Waals surface area contributed by atoms with E-state index in [0.717, 1.165) is 28.9 Å². The molecule has 0 fully saturated rings. The van der Waals surface area contributed by atoms with Gasteiger partial charge < -0.3 is 14.6 Å². The molecule has 0 spiro atoms. The molecule has 0 aliphatic carbocycles. The molecule has 0 saturated carbocycles. The zero-order valence-electron chi connectivity index (χ0n) is 12.7. The van der Waals surface area contributed by atoms with E-state index < -0.39 is 0 Å². The van der Waals surface area contributed by atoms with Crippen LogP contribution in [0.15, 0.2) is 59.2 Å². The van der Waals surface area contributed by atoms with Crippen LogP contribution in [0.25, 0.3) is 0 Å². The molecule has 112 valence electrons. The van der Waals surface area contributed by atoms with Crippen LogP contribution in [0, 0.1) is 6.92 Å². The normalized spacial score (nSPS) is 10.5. The van der Waals surface area contributed by atoms with Crippen LogP contribution >= 0.6 is 0 Å². The summed E-state index contributed by atoms with van der Waals surface area (Å²) >= 11 is 0. The predicted molar refractivity (Wildman–Crippen MR) is 87.3 cm³/mol. The van der Waals surface area contributed by atoms with Crippen LogP contribution < -0.4 is 10.2 Å². The molecule has 0 radical (unpaired) electrons. The van der Waals surface area contributed by atoms with Crippen LogP contribution in [-0.2, 0) is 6.54 Å². The Kier molecular flexibility index (Phi) is 4.05. The lowest BCUT2D eigenvalue weighted by molar-refractivity contribution is 0.518. The first kappa shape index (κ1) is 14.1. The van der Waals surface area contributed by atoms with E-state index in [1.54, 1.807) is 6.26 Å². The molecule has 0 atom stereocenters. The lowest BCUT2D eigenvalue weighted by atomic mass is 10.3. The van der Waals surface area contributed by atoms with Crippen LogP contribution in [0.4, 0.5) is 17.3 Å². The smallest absolute Gasteiger partial charge is 0.138 e. The van der Waals surface area contributed by atoms with Crippen molar-refractivity contribution in [1.29, 1.82) is 0 Å². The number of anilines is 3. The van der Waals surface area contributed by atoms with E-state index in [2.05, 4.69) is 15.3 Å². The number of hydrogen-bond donors (Lipinski definition) is 1. The molecule has 1 aromatic carbocycles. The van der Waals surface area contributed by atoms with E-state index in [9.17, 15) is 0 Å². The van der Waals surface area contributed by atoms with E-state index in [4.69, 9.17) is 4.42 Å². The molecule has 1 N–H and O–H groups in total. The Labute approximate surface area is 129 Å². The molecule has 5 nitrogen and oxygen atoms in total. The Balaban J connectivity index is 1.80. The van der Waals surface area contributed by atoms with Crippen LogP contribution in [0.5, 0.6) is 0 Å². The Bertz CT molecular complexity index is 726. The molecule has 22 heavy (non-hydrogen) atoms. The molecule has 0 amide bonds. The molecule has 0 saturated heterocycles. The van der Waals surface area contributed by atoms with Crippen molar-refractivity contribution in [2.75, 3.05) is 17.3 Å². The number of rotatable bonds is 5. The third-order valence-corrected chi connectivity index (χ3v) is 3.34. The van der Waals surface area contributed by atoms with Gasteiger partial charge in [0.2, 0.25) is 0 Å². The topological polar surface area (TPSA) is 54.2 Å². The van der Waals surface area contributed by atoms with Gasteiger partial charge in [-0.05, 0) is 31.2 Å². The highest BCUT2D eigenvalue weighted by molar-refractivity contribution is 5.61. The maximum absolute atomic E-state index is 5.32. The van der Waals surface area contributed by atoms with Gasteiger partial charge in [-0.25, -0.2) is 9.97 Å². The maximum atomic E-state index is 5.32. The highest BCUT2D eigenvalue weighted by atomic mass is 16.3. The first-order valence-corrected chi connectivity index (χ1v) is 7.13. The molecular weight excluding hydrogens is 276 g/mol. The summed E-state index contributed by atoms with van der Waals surface area (Å²) in [5.41, 5.74) is 1.08. The summed E-state index contributed by atoms with van der Waals surface area (Å²) in [5, 5.41) is 3.26. The Morgan fingerprint density at radius 2 is 1.91 bits per heavy atom. The fourth-order valence-electron chi connectivity index (χ4n) is 2.19. The third kappa shape index (κ3) is 3.25. The fraction of sp³-hybridized carbons (Fsp3) is 0.176. The second-order valence-corrected chi connectivity index (χ2v) is 4.99. The molecule has 0 bridgehead atoms. The highest BCUT2D eigenvalue weighted by Crippen LogP contribution is 2.23. The average Bonchev–Trinajstić information content (AvgIpc) is 3.06. The number of nitrogens with zero attached hydrogens (tertiary/aromatic N) is 3. The number of nitrogens with one attached hydrogen (secondary N) is 1. The quantitative estimate of drug-likeness (QED) is 0.776. The highest BCUT2D eigenvalue weighted by Gasteiger charge is 2.08. The number of aryl methyl sites for hydroxylation is 1. The number of furan rings is 1. The van der Waals surface area contributed by atoms with E-state index >= 15 is 0 Å². The second kappa shape index (κ2) is 6.30. The van der Waals surface area contributed by atoms with Gasteiger partial charge in [-0.2, -0.15) is 0 Å². The molecule has 0 aliphatic rings. The molecule has 2 aromatic heterocycles. The molecule has 0 aliphatic heterocycles. The summed E-state index contributed by atoms with van der Waals surface area (Å²) in [6, 6.07) is 15.9. The molecule has 0 unspecified atom stereocenters. The minimum absolute atomic E-state index is 0.595. The van der Waals surface area contributed by atoms with Crippen molar-refractivity contribution < 1.29 is 4.42 Å². The number of hydrogen-bond acceptors (Lipinski definition) is 5. The number of benzene rings is 1. The van der Waals surface area contributed by atoms with Crippen molar-refractivity contribution in [3.05, 3.63) is 66.4 Å². The monoisotopic (exact) mass is 294 g/mol. The van der Waals surface area contributed by atoms with Crippen LogP contribution in [0.2, 0.25) is 0 Å². The molecule has 2 heterocycles. The summed E-state index contributed by atoms with van der Waals surface area (Å²) in [7, 11) is 1.99. The van der Waals surface area contributed by atoms with E-state index in [1.165, 1.54) is 0 Å². The van der Waals surface area contributed by atoms with Crippen molar-refractivity contribution in [3.63, 3.8) is 0 Å². The summed E-state index contributed by atoms with van der Waals surface area (Å²) in [6.07, 6.45) is 1.66. The van der Waals surface area contributed by atoms with Gasteiger partial charge in [0.25, 0.3) is 0 Å². The van der Waals surface area contributed by atoms with Crippen molar-refractivity contribution in [1.82, 2.24) is 9.97 Å². The fourth-order valence-corrected chi connectivity index (χ4v) is 2.19. The molecule has 3 aromatic rings. The molecule has 5 heteroatoms. The van der Waals surface area contributed by atoms with Gasteiger partial charge in [0.05, 0.1) is 12.8 Å². The Morgan fingerprint density at radius 3 is 2.64 bits per heavy atom. The molecule has 3 rings (SSSR count). The Morgan fingerprint density at radius 1 is 1.09 bits per heavy atom. The first-order valence-electron chi connectivity index (χ1n) is 7.13. The minimum atomic E-state index is 0.595. The summed E-state index contributed by atoms with van der Waals surface area (Å²) < 4.78 is 5.32. The van der Waals surface area contributed by atoms with Crippen molar-refractivity contribution in [3.8, 4) is 0 Å². The third-order valence-electron chi connectivity index (χ3n) is 3.34. The summed E-state index contributed by atoms with van der Waals surface area (Å²) in [6.45, 7) is 2.48. The first-order chi connectivity index (χ1) is 10.7. The second-order valence-electron chi connectivity index (χ2n) is 4.99. The summed E-state index contributed by atoms with van der Waals surface area (Å²) in [4.78, 5) is 11.0. The maximum Gasteiger partial charge on any atom is 0.138 e. The SMILES string of the molecule is Cc1nc(NCc2ccco2)cc(N(C)c2ccccc2)n1. The summed E-state index contributed by atoms with van der Waals surface area (Å²) in [5.74, 6) is 3.22. The molecular formula is C17H18N4O. The van der Waals surface area contributed by atoms with Gasteiger partial charge in [0, 0.05) is 18.8 Å². The van der Waals surface area contributed by atoms with Gasteiger partial charge >= 0.3 is 0 Å². The van der Waals surface area contributed by atoms with Crippen molar-refractivity contribution >= 4 is 17.3 Å². The van der Waals surface area contributed by atoms with Gasteiger partial charge in [-0.15, -0.1) is 0 Å². The average molecular weight is 294 g/mol. The van der Waals surface area contributed by atoms with Gasteiger partial charge in [0.15, 0.2) is 0 Å². The van der Waals surface area contributed by atoms with Crippen LogP contribution in [0.3, 0.4) is 0 Å². The largest absolute Gasteiger partial charge is 0.467 e. The van der Waals surface area contributed by atoms with Gasteiger partial charge in [-0.1, -0.05) is 18.2 Å². The number of aromatic nitrogens is 2. The van der Waals surface area contributed by atoms with Crippen molar-refractivity contribution in [2.45, 2.75) is 13.5 Å². The minimum Gasteiger partial charge on any atom is -0.467 e. The lowest BCUT2D eigenvalue weighted by Crippen LogP contribution is -2.13.